The van der Waals surface area contributed by atoms with Crippen LogP contribution in [0.4, 0.5) is 5.69 Å². The van der Waals surface area contributed by atoms with Crippen LogP contribution in [0.15, 0.2) is 72.0 Å². The van der Waals surface area contributed by atoms with Crippen LogP contribution in [0.25, 0.3) is 10.9 Å². The number of pyridine rings is 1. The quantitative estimate of drug-likeness (QED) is 0.746. The second kappa shape index (κ2) is 6.65. The van der Waals surface area contributed by atoms with Crippen molar-refractivity contribution in [3.63, 3.8) is 0 Å². The van der Waals surface area contributed by atoms with E-state index in [0.717, 1.165) is 0 Å². The van der Waals surface area contributed by atoms with Crippen LogP contribution < -0.4 is 10.5 Å². The number of para-hydroxylation sites is 2. The van der Waals surface area contributed by atoms with Crippen LogP contribution in [-0.2, 0) is 6.54 Å². The number of allylic oxidation sites excluding steroid dienone is 1. The van der Waals surface area contributed by atoms with Crippen molar-refractivity contribution in [2.45, 2.75) is 6.54 Å². The summed E-state index contributed by atoms with van der Waals surface area (Å²) in [5, 5.41) is 11.1. The van der Waals surface area contributed by atoms with Gasteiger partial charge in [-0.25, -0.2) is 0 Å². The zero-order chi connectivity index (χ0) is 18.0. The highest BCUT2D eigenvalue weighted by Gasteiger charge is 2.25. The van der Waals surface area contributed by atoms with Crippen LogP contribution in [0, 0.1) is 0 Å². The Morgan fingerprint density at radius 2 is 1.80 bits per heavy atom. The van der Waals surface area contributed by atoms with E-state index in [1.807, 2.05) is 6.07 Å². The fraction of sp³-hybridized carbons (Fsp3) is 0.100. The minimum Gasteiger partial charge on any atom is -0.506 e. The minimum absolute atomic E-state index is 0.244. The number of carbonyl (C=O) groups excluding carboxylic acids is 1. The molecule has 5 heteroatoms. The first kappa shape index (κ1) is 16.5. The summed E-state index contributed by atoms with van der Waals surface area (Å²) in [6.45, 7) is 3.91. The first-order valence-electron chi connectivity index (χ1n) is 7.84. The minimum atomic E-state index is -0.558. The van der Waals surface area contributed by atoms with E-state index in [-0.39, 0.29) is 17.9 Å². The molecule has 3 aromatic rings. The molecule has 1 N–H and O–H groups in total. The van der Waals surface area contributed by atoms with Crippen LogP contribution in [0.3, 0.4) is 0 Å². The van der Waals surface area contributed by atoms with E-state index in [1.54, 1.807) is 61.7 Å². The van der Waals surface area contributed by atoms with E-state index in [0.29, 0.717) is 16.6 Å². The van der Waals surface area contributed by atoms with Gasteiger partial charge in [-0.1, -0.05) is 36.4 Å². The lowest BCUT2D eigenvalue weighted by molar-refractivity contribution is 0.0988. The summed E-state index contributed by atoms with van der Waals surface area (Å²) in [5.41, 5.74) is 0.411. The van der Waals surface area contributed by atoms with E-state index < -0.39 is 11.5 Å². The van der Waals surface area contributed by atoms with E-state index >= 15 is 0 Å². The number of aromatic nitrogens is 1. The molecule has 25 heavy (non-hydrogen) atoms. The Balaban J connectivity index is 2.24. The number of amides is 1. The summed E-state index contributed by atoms with van der Waals surface area (Å²) in [7, 11) is 1.57. The van der Waals surface area contributed by atoms with Crippen LogP contribution >= 0.6 is 0 Å². The first-order chi connectivity index (χ1) is 12.1. The molecule has 0 spiro atoms. The largest absolute Gasteiger partial charge is 0.506 e. The monoisotopic (exact) mass is 334 g/mol. The highest BCUT2D eigenvalue weighted by atomic mass is 16.3. The lowest BCUT2D eigenvalue weighted by Gasteiger charge is -2.19. The van der Waals surface area contributed by atoms with Gasteiger partial charge >= 0.3 is 0 Å². The Morgan fingerprint density at radius 1 is 1.16 bits per heavy atom. The number of aromatic hydroxyl groups is 1. The molecule has 0 bridgehead atoms. The van der Waals surface area contributed by atoms with Gasteiger partial charge in [0.1, 0.15) is 11.3 Å². The summed E-state index contributed by atoms with van der Waals surface area (Å²) in [6, 6.07) is 15.9. The lowest BCUT2D eigenvalue weighted by Crippen LogP contribution is -2.34. The fourth-order valence-corrected chi connectivity index (χ4v) is 2.83. The lowest BCUT2D eigenvalue weighted by atomic mass is 10.1. The number of hydrogen-bond acceptors (Lipinski definition) is 3. The Kier molecular flexibility index (Phi) is 4.39. The Labute approximate surface area is 145 Å². The summed E-state index contributed by atoms with van der Waals surface area (Å²) in [5.74, 6) is -0.856. The smallest absolute Gasteiger partial charge is 0.268 e. The summed E-state index contributed by atoms with van der Waals surface area (Å²) in [4.78, 5) is 27.1. The van der Waals surface area contributed by atoms with Crippen molar-refractivity contribution in [2.75, 3.05) is 11.9 Å². The Bertz CT molecular complexity index is 1010. The van der Waals surface area contributed by atoms with Crippen molar-refractivity contribution in [1.29, 1.82) is 0 Å². The molecule has 2 aromatic carbocycles. The van der Waals surface area contributed by atoms with Crippen LogP contribution in [0.5, 0.6) is 5.75 Å². The molecule has 0 aliphatic rings. The second-order valence-electron chi connectivity index (χ2n) is 5.64. The average molecular weight is 334 g/mol. The average Bonchev–Trinajstić information content (AvgIpc) is 2.65. The predicted octanol–water partition coefficient (Wildman–Crippen LogP) is 3.17. The molecular weight excluding hydrogens is 316 g/mol. The number of fused-ring (bicyclic) bond motifs is 1. The number of hydrogen-bond donors (Lipinski definition) is 1. The molecule has 1 heterocycles. The van der Waals surface area contributed by atoms with Gasteiger partial charge in [-0.3, -0.25) is 9.59 Å². The third-order valence-corrected chi connectivity index (χ3v) is 4.12. The highest BCUT2D eigenvalue weighted by Crippen LogP contribution is 2.28. The standard InChI is InChI=1S/C20H18N2O3/c1-3-13-22-16-12-8-7-11-15(16)18(23)17(20(22)25)19(24)21(2)14-9-5-4-6-10-14/h3-12,23H,1,13H2,2H3. The first-order valence-corrected chi connectivity index (χ1v) is 7.84. The Morgan fingerprint density at radius 3 is 2.48 bits per heavy atom. The van der Waals surface area contributed by atoms with Gasteiger partial charge in [0.2, 0.25) is 0 Å². The molecule has 0 unspecified atom stereocenters. The van der Waals surface area contributed by atoms with Crippen molar-refractivity contribution >= 4 is 22.5 Å². The van der Waals surface area contributed by atoms with Gasteiger partial charge in [0, 0.05) is 24.7 Å². The molecule has 1 aromatic heterocycles. The van der Waals surface area contributed by atoms with Gasteiger partial charge < -0.3 is 14.6 Å². The van der Waals surface area contributed by atoms with E-state index in [4.69, 9.17) is 0 Å². The molecule has 5 nitrogen and oxygen atoms in total. The van der Waals surface area contributed by atoms with Gasteiger partial charge in [0.25, 0.3) is 11.5 Å². The highest BCUT2D eigenvalue weighted by molar-refractivity contribution is 6.10. The van der Waals surface area contributed by atoms with Gasteiger partial charge in [0.05, 0.1) is 5.52 Å². The van der Waals surface area contributed by atoms with Gasteiger partial charge in [-0.05, 0) is 24.3 Å². The third-order valence-electron chi connectivity index (χ3n) is 4.12. The van der Waals surface area contributed by atoms with Crippen LogP contribution in [0.1, 0.15) is 10.4 Å². The molecule has 0 saturated carbocycles. The third kappa shape index (κ3) is 2.80. The molecule has 0 atom stereocenters. The van der Waals surface area contributed by atoms with Crippen molar-refractivity contribution in [2.24, 2.45) is 0 Å². The van der Waals surface area contributed by atoms with Crippen LogP contribution in [0.2, 0.25) is 0 Å². The maximum absolute atomic E-state index is 12.9. The molecule has 0 aliphatic carbocycles. The molecular formula is C20H18N2O3. The number of anilines is 1. The zero-order valence-electron chi connectivity index (χ0n) is 13.8. The summed E-state index contributed by atoms with van der Waals surface area (Å²) >= 11 is 0. The molecule has 0 radical (unpaired) electrons. The van der Waals surface area contributed by atoms with Crippen molar-refractivity contribution in [1.82, 2.24) is 4.57 Å². The molecule has 1 amide bonds. The number of rotatable bonds is 4. The maximum atomic E-state index is 12.9. The van der Waals surface area contributed by atoms with E-state index in [9.17, 15) is 14.7 Å². The zero-order valence-corrected chi connectivity index (χ0v) is 13.8. The van der Waals surface area contributed by atoms with Crippen molar-refractivity contribution < 1.29 is 9.90 Å². The second-order valence-corrected chi connectivity index (χ2v) is 5.64. The normalized spacial score (nSPS) is 10.6. The van der Waals surface area contributed by atoms with Crippen molar-refractivity contribution in [3.05, 3.63) is 83.2 Å². The number of carbonyl (C=O) groups is 1. The molecule has 3 rings (SSSR count). The summed E-state index contributed by atoms with van der Waals surface area (Å²) < 4.78 is 1.44. The van der Waals surface area contributed by atoms with Gasteiger partial charge in [-0.15, -0.1) is 6.58 Å². The Hall–Kier alpha value is -3.34. The SMILES string of the molecule is C=CCn1c(=O)c(C(=O)N(C)c2ccccc2)c(O)c2ccccc21. The van der Waals surface area contributed by atoms with Crippen LogP contribution in [-0.4, -0.2) is 22.6 Å². The molecule has 126 valence electrons. The maximum Gasteiger partial charge on any atom is 0.268 e. The molecule has 0 aliphatic heterocycles. The van der Waals surface area contributed by atoms with E-state index in [2.05, 4.69) is 6.58 Å². The predicted molar refractivity (Wildman–Crippen MR) is 99.2 cm³/mol. The molecule has 0 fully saturated rings. The van der Waals surface area contributed by atoms with E-state index in [1.165, 1.54) is 9.47 Å². The van der Waals surface area contributed by atoms with Gasteiger partial charge in [-0.2, -0.15) is 0 Å². The fourth-order valence-electron chi connectivity index (χ4n) is 2.83. The topological polar surface area (TPSA) is 62.5 Å². The van der Waals surface area contributed by atoms with Gasteiger partial charge in [0.15, 0.2) is 0 Å². The van der Waals surface area contributed by atoms with Crippen molar-refractivity contribution in [3.8, 4) is 5.75 Å². The number of benzene rings is 2. The number of nitrogens with zero attached hydrogens (tertiary/aromatic N) is 2. The summed E-state index contributed by atoms with van der Waals surface area (Å²) in [6.07, 6.45) is 1.58. The molecule has 0 saturated heterocycles.